The number of fused-ring (bicyclic) bond motifs is 1. The van der Waals surface area contributed by atoms with E-state index in [1.807, 2.05) is 12.1 Å². The van der Waals surface area contributed by atoms with E-state index in [2.05, 4.69) is 20.5 Å². The minimum Gasteiger partial charge on any atom is -0.350 e. The molecule has 7 nitrogen and oxygen atoms in total. The van der Waals surface area contributed by atoms with Crippen molar-refractivity contribution in [2.45, 2.75) is 51.6 Å². The lowest BCUT2D eigenvalue weighted by Crippen LogP contribution is -2.32. The molecule has 2 aliphatic rings. The van der Waals surface area contributed by atoms with Crippen molar-refractivity contribution >= 4 is 11.8 Å². The second-order valence-corrected chi connectivity index (χ2v) is 7.44. The van der Waals surface area contributed by atoms with Crippen molar-refractivity contribution in [2.24, 2.45) is 5.92 Å². The normalized spacial score (nSPS) is 19.6. The lowest BCUT2D eigenvalue weighted by atomic mass is 10.1. The summed E-state index contributed by atoms with van der Waals surface area (Å²) in [4.78, 5) is 30.7. The van der Waals surface area contributed by atoms with Gasteiger partial charge in [0.1, 0.15) is 0 Å². The van der Waals surface area contributed by atoms with Crippen molar-refractivity contribution in [1.82, 2.24) is 25.4 Å². The predicted molar refractivity (Wildman–Crippen MR) is 99.5 cm³/mol. The standard InChI is InChI=1S/C20H25N5O2/c26-19-9-15(13-25(19)12-14-5-4-8-21-10-14)20(27)22-11-18-16-6-2-1-3-7-17(16)23-24-18/h4-5,8,10,15H,1-3,6-7,9,11-13H2,(H,22,27)(H,23,24)/t15-/m0/s1. The van der Waals surface area contributed by atoms with Crippen molar-refractivity contribution in [3.63, 3.8) is 0 Å². The summed E-state index contributed by atoms with van der Waals surface area (Å²) < 4.78 is 0. The third-order valence-corrected chi connectivity index (χ3v) is 5.50. The quantitative estimate of drug-likeness (QED) is 0.788. The van der Waals surface area contributed by atoms with Crippen LogP contribution < -0.4 is 5.32 Å². The lowest BCUT2D eigenvalue weighted by molar-refractivity contribution is -0.129. The van der Waals surface area contributed by atoms with E-state index in [1.54, 1.807) is 17.3 Å². The summed E-state index contributed by atoms with van der Waals surface area (Å²) in [5.74, 6) is -0.346. The van der Waals surface area contributed by atoms with Gasteiger partial charge in [-0.25, -0.2) is 0 Å². The Kier molecular flexibility index (Phi) is 5.18. The maximum atomic E-state index is 12.6. The molecule has 0 aromatic carbocycles. The van der Waals surface area contributed by atoms with E-state index in [0.717, 1.165) is 24.1 Å². The molecule has 0 unspecified atom stereocenters. The second kappa shape index (κ2) is 7.90. The Labute approximate surface area is 158 Å². The van der Waals surface area contributed by atoms with Crippen LogP contribution in [0.1, 0.15) is 48.2 Å². The number of hydrogen-bond donors (Lipinski definition) is 2. The van der Waals surface area contributed by atoms with Gasteiger partial charge >= 0.3 is 0 Å². The van der Waals surface area contributed by atoms with Crippen LogP contribution in [0.25, 0.3) is 0 Å². The Morgan fingerprint density at radius 3 is 3.04 bits per heavy atom. The summed E-state index contributed by atoms with van der Waals surface area (Å²) in [6.45, 7) is 1.39. The fourth-order valence-electron chi connectivity index (χ4n) is 4.00. The van der Waals surface area contributed by atoms with E-state index in [0.29, 0.717) is 19.6 Å². The molecular weight excluding hydrogens is 342 g/mol. The Morgan fingerprint density at radius 2 is 2.19 bits per heavy atom. The first-order valence-corrected chi connectivity index (χ1v) is 9.70. The van der Waals surface area contributed by atoms with Crippen LogP contribution in [0.3, 0.4) is 0 Å². The van der Waals surface area contributed by atoms with Gasteiger partial charge in [-0.05, 0) is 42.9 Å². The topological polar surface area (TPSA) is 91.0 Å². The number of likely N-dealkylation sites (tertiary alicyclic amines) is 1. The molecule has 27 heavy (non-hydrogen) atoms. The number of aromatic nitrogens is 3. The average Bonchev–Trinajstić information content (AvgIpc) is 3.15. The highest BCUT2D eigenvalue weighted by molar-refractivity contribution is 5.89. The minimum atomic E-state index is -0.299. The monoisotopic (exact) mass is 367 g/mol. The first-order valence-electron chi connectivity index (χ1n) is 9.70. The van der Waals surface area contributed by atoms with Gasteiger partial charge in [0, 0.05) is 37.6 Å². The van der Waals surface area contributed by atoms with Crippen molar-refractivity contribution in [1.29, 1.82) is 0 Å². The molecule has 0 spiro atoms. The molecule has 0 radical (unpaired) electrons. The van der Waals surface area contributed by atoms with Gasteiger partial charge in [0.05, 0.1) is 18.2 Å². The molecule has 142 valence electrons. The number of carbonyl (C=O) groups excluding carboxylic acids is 2. The molecule has 3 heterocycles. The van der Waals surface area contributed by atoms with E-state index in [-0.39, 0.29) is 24.2 Å². The van der Waals surface area contributed by atoms with E-state index in [9.17, 15) is 9.59 Å². The lowest BCUT2D eigenvalue weighted by Gasteiger charge is -2.16. The molecule has 1 atom stereocenters. The average molecular weight is 367 g/mol. The number of amides is 2. The Hall–Kier alpha value is -2.70. The minimum absolute atomic E-state index is 0.0210. The number of H-pyrrole nitrogens is 1. The van der Waals surface area contributed by atoms with Gasteiger partial charge in [-0.2, -0.15) is 5.10 Å². The van der Waals surface area contributed by atoms with Gasteiger partial charge < -0.3 is 10.2 Å². The number of nitrogens with one attached hydrogen (secondary N) is 2. The molecule has 1 fully saturated rings. The number of aromatic amines is 1. The van der Waals surface area contributed by atoms with Gasteiger partial charge in [0.15, 0.2) is 0 Å². The summed E-state index contributed by atoms with van der Waals surface area (Å²) in [7, 11) is 0. The molecule has 2 N–H and O–H groups in total. The fraction of sp³-hybridized carbons (Fsp3) is 0.500. The Balaban J connectivity index is 1.33. The molecule has 0 bridgehead atoms. The van der Waals surface area contributed by atoms with Gasteiger partial charge in [0.25, 0.3) is 0 Å². The van der Waals surface area contributed by atoms with Crippen LogP contribution in [0, 0.1) is 5.92 Å². The Bertz CT molecular complexity index is 817. The number of rotatable bonds is 5. The maximum Gasteiger partial charge on any atom is 0.225 e. The zero-order valence-corrected chi connectivity index (χ0v) is 15.4. The van der Waals surface area contributed by atoms with Crippen molar-refractivity contribution < 1.29 is 9.59 Å². The molecule has 1 aliphatic heterocycles. The zero-order valence-electron chi connectivity index (χ0n) is 15.4. The summed E-state index contributed by atoms with van der Waals surface area (Å²) in [5, 5.41) is 10.5. The molecule has 2 aromatic heterocycles. The van der Waals surface area contributed by atoms with Gasteiger partial charge in [0.2, 0.25) is 11.8 Å². The molecule has 2 amide bonds. The third kappa shape index (κ3) is 4.02. The molecule has 2 aromatic rings. The highest BCUT2D eigenvalue weighted by Crippen LogP contribution is 2.23. The molecule has 4 rings (SSSR count). The van der Waals surface area contributed by atoms with Gasteiger partial charge in [-0.3, -0.25) is 19.7 Å². The fourth-order valence-corrected chi connectivity index (χ4v) is 4.00. The predicted octanol–water partition coefficient (Wildman–Crippen LogP) is 1.74. The summed E-state index contributed by atoms with van der Waals surface area (Å²) in [6.07, 6.45) is 9.40. The number of nitrogens with zero attached hydrogens (tertiary/aromatic N) is 3. The highest BCUT2D eigenvalue weighted by Gasteiger charge is 2.34. The van der Waals surface area contributed by atoms with Crippen LogP contribution in [0.15, 0.2) is 24.5 Å². The molecule has 7 heteroatoms. The molecule has 1 saturated heterocycles. The molecule has 1 aliphatic carbocycles. The Morgan fingerprint density at radius 1 is 1.30 bits per heavy atom. The van der Waals surface area contributed by atoms with Crippen molar-refractivity contribution in [3.05, 3.63) is 47.0 Å². The van der Waals surface area contributed by atoms with Crippen LogP contribution in [-0.4, -0.2) is 38.4 Å². The van der Waals surface area contributed by atoms with Crippen molar-refractivity contribution in [2.75, 3.05) is 6.54 Å². The van der Waals surface area contributed by atoms with Crippen LogP contribution in [0.2, 0.25) is 0 Å². The van der Waals surface area contributed by atoms with E-state index < -0.39 is 0 Å². The molecule has 0 saturated carbocycles. The molecular formula is C20H25N5O2. The van der Waals surface area contributed by atoms with Gasteiger partial charge in [-0.1, -0.05) is 12.5 Å². The number of aryl methyl sites for hydroxylation is 1. The van der Waals surface area contributed by atoms with E-state index in [4.69, 9.17) is 0 Å². The largest absolute Gasteiger partial charge is 0.350 e. The SMILES string of the molecule is O=C(NCc1n[nH]c2c1CCCCC2)[C@H]1CC(=O)N(Cc2cccnc2)C1. The summed E-state index contributed by atoms with van der Waals surface area (Å²) in [5.41, 5.74) is 4.41. The van der Waals surface area contributed by atoms with Gasteiger partial charge in [-0.15, -0.1) is 0 Å². The first-order chi connectivity index (χ1) is 13.2. The number of pyridine rings is 1. The summed E-state index contributed by atoms with van der Waals surface area (Å²) >= 11 is 0. The van der Waals surface area contributed by atoms with Crippen molar-refractivity contribution in [3.8, 4) is 0 Å². The van der Waals surface area contributed by atoms with Crippen LogP contribution in [0.5, 0.6) is 0 Å². The highest BCUT2D eigenvalue weighted by atomic mass is 16.2. The number of carbonyl (C=O) groups is 2. The second-order valence-electron chi connectivity index (χ2n) is 7.44. The van der Waals surface area contributed by atoms with Crippen LogP contribution in [0.4, 0.5) is 0 Å². The maximum absolute atomic E-state index is 12.6. The number of hydrogen-bond acceptors (Lipinski definition) is 4. The smallest absolute Gasteiger partial charge is 0.225 e. The third-order valence-electron chi connectivity index (χ3n) is 5.50. The van der Waals surface area contributed by atoms with Crippen LogP contribution in [-0.2, 0) is 35.5 Å². The summed E-state index contributed by atoms with van der Waals surface area (Å²) in [6, 6.07) is 3.80. The van der Waals surface area contributed by atoms with Crippen LogP contribution >= 0.6 is 0 Å². The first kappa shape index (κ1) is 17.7. The zero-order chi connectivity index (χ0) is 18.6. The van der Waals surface area contributed by atoms with E-state index in [1.165, 1.54) is 30.5 Å². The van der Waals surface area contributed by atoms with E-state index >= 15 is 0 Å².